The van der Waals surface area contributed by atoms with Gasteiger partial charge < -0.3 is 26.0 Å². The fraction of sp³-hybridized carbons (Fsp3) is 0.808. The molecule has 4 rings (SSSR count). The van der Waals surface area contributed by atoms with Crippen LogP contribution in [0.2, 0.25) is 0 Å². The summed E-state index contributed by atoms with van der Waals surface area (Å²) in [5.74, 6) is -2.30. The molecule has 5 atom stereocenters. The number of likely N-dealkylation sites (tertiary alicyclic amines) is 1. The minimum Gasteiger partial charge on any atom is -0.444 e. The van der Waals surface area contributed by atoms with E-state index in [0.717, 1.165) is 25.7 Å². The number of primary amides is 1. The number of ketones is 1. The Morgan fingerprint density at radius 3 is 2.17 bits per heavy atom. The Bertz CT molecular complexity index is 977. The number of rotatable bonds is 9. The topological polar surface area (TPSA) is 148 Å². The van der Waals surface area contributed by atoms with Crippen LogP contribution < -0.4 is 16.4 Å². The van der Waals surface area contributed by atoms with Crippen LogP contribution in [0.4, 0.5) is 4.79 Å². The first kappa shape index (κ1) is 26.4. The molecule has 0 bridgehead atoms. The molecule has 0 radical (unpaired) electrons. The minimum atomic E-state index is -1.08. The van der Waals surface area contributed by atoms with Crippen LogP contribution in [0.1, 0.15) is 73.6 Å². The highest BCUT2D eigenvalue weighted by atomic mass is 16.6. The zero-order valence-electron chi connectivity index (χ0n) is 22.2. The molecule has 1 saturated heterocycles. The number of piperidine rings is 1. The van der Waals surface area contributed by atoms with E-state index in [-0.39, 0.29) is 29.1 Å². The van der Waals surface area contributed by atoms with E-state index in [1.165, 1.54) is 0 Å². The van der Waals surface area contributed by atoms with Gasteiger partial charge in [-0.1, -0.05) is 33.6 Å². The summed E-state index contributed by atoms with van der Waals surface area (Å²) < 4.78 is 5.40. The Morgan fingerprint density at radius 2 is 1.67 bits per heavy atom. The highest BCUT2D eigenvalue weighted by Crippen LogP contribution is 2.65. The maximum Gasteiger partial charge on any atom is 0.408 e. The Balaban J connectivity index is 1.54. The van der Waals surface area contributed by atoms with E-state index in [9.17, 15) is 24.0 Å². The largest absolute Gasteiger partial charge is 0.444 e. The second-order valence-corrected chi connectivity index (χ2v) is 13.1. The average molecular weight is 505 g/mol. The summed E-state index contributed by atoms with van der Waals surface area (Å²) >= 11 is 0. The van der Waals surface area contributed by atoms with Gasteiger partial charge in [0, 0.05) is 6.54 Å². The van der Waals surface area contributed by atoms with Gasteiger partial charge in [0.1, 0.15) is 17.7 Å². The van der Waals surface area contributed by atoms with E-state index in [1.54, 1.807) is 25.7 Å². The number of amides is 4. The Kier molecular flexibility index (Phi) is 6.41. The predicted octanol–water partition coefficient (Wildman–Crippen LogP) is 1.50. The summed E-state index contributed by atoms with van der Waals surface area (Å²) in [7, 11) is 0. The lowest BCUT2D eigenvalue weighted by Crippen LogP contribution is -2.59. The Hall–Kier alpha value is -2.65. The smallest absolute Gasteiger partial charge is 0.408 e. The molecule has 3 saturated carbocycles. The van der Waals surface area contributed by atoms with Crippen molar-refractivity contribution >= 4 is 29.6 Å². The van der Waals surface area contributed by atoms with Crippen LogP contribution in [0.15, 0.2) is 0 Å². The molecule has 1 aliphatic heterocycles. The Labute approximate surface area is 212 Å². The summed E-state index contributed by atoms with van der Waals surface area (Å²) in [6, 6.07) is -2.60. The van der Waals surface area contributed by atoms with Crippen molar-refractivity contribution < 1.29 is 28.7 Å². The number of carbonyl (C=O) groups is 5. The van der Waals surface area contributed by atoms with Crippen molar-refractivity contribution in [1.82, 2.24) is 15.5 Å². The number of nitrogens with one attached hydrogen (secondary N) is 2. The van der Waals surface area contributed by atoms with Crippen molar-refractivity contribution in [2.45, 2.75) is 97.4 Å². The van der Waals surface area contributed by atoms with Crippen LogP contribution in [0, 0.1) is 28.6 Å². The van der Waals surface area contributed by atoms with Crippen LogP contribution in [0.25, 0.3) is 0 Å². The van der Waals surface area contributed by atoms with Gasteiger partial charge in [0.05, 0.1) is 6.04 Å². The molecular formula is C26H40N4O6. The molecule has 4 amide bonds. The van der Waals surface area contributed by atoms with E-state index in [2.05, 4.69) is 24.5 Å². The van der Waals surface area contributed by atoms with Gasteiger partial charge in [-0.25, -0.2) is 4.79 Å². The first-order valence-corrected chi connectivity index (χ1v) is 13.0. The second-order valence-electron chi connectivity index (χ2n) is 13.1. The molecule has 36 heavy (non-hydrogen) atoms. The molecule has 0 aromatic heterocycles. The maximum atomic E-state index is 13.9. The van der Waals surface area contributed by atoms with E-state index < -0.39 is 52.8 Å². The van der Waals surface area contributed by atoms with Gasteiger partial charge in [-0.3, -0.25) is 19.2 Å². The third-order valence-electron chi connectivity index (χ3n) is 8.55. The first-order valence-electron chi connectivity index (χ1n) is 13.0. The van der Waals surface area contributed by atoms with Gasteiger partial charge in [-0.2, -0.15) is 0 Å². The number of nitrogens with two attached hydrogens (primary N) is 1. The molecule has 10 nitrogen and oxygen atoms in total. The number of carbonyl (C=O) groups excluding carboxylic acids is 5. The average Bonchev–Trinajstić information content (AvgIpc) is 3.70. The summed E-state index contributed by atoms with van der Waals surface area (Å²) in [6.45, 7) is 11.7. The predicted molar refractivity (Wildman–Crippen MR) is 130 cm³/mol. The van der Waals surface area contributed by atoms with E-state index in [4.69, 9.17) is 10.5 Å². The lowest BCUT2D eigenvalue weighted by Gasteiger charge is -2.35. The molecule has 0 spiro atoms. The molecule has 1 heterocycles. The SMILES string of the molecule is CC(C)(C)OC(=O)NC(C(=O)N1C[C@H]2[C@@H]([C@H]1C(=O)NC(CC1CC1)C(=O)C(N)=O)C2(C)C)C1(C)CC1. The third-order valence-corrected chi connectivity index (χ3v) is 8.55. The highest BCUT2D eigenvalue weighted by Gasteiger charge is 2.70. The monoisotopic (exact) mass is 504 g/mol. The quantitative estimate of drug-likeness (QED) is 0.405. The number of hydrogen-bond acceptors (Lipinski definition) is 6. The van der Waals surface area contributed by atoms with Crippen LogP contribution >= 0.6 is 0 Å². The molecule has 10 heteroatoms. The molecular weight excluding hydrogens is 464 g/mol. The van der Waals surface area contributed by atoms with Crippen LogP contribution in [-0.2, 0) is 23.9 Å². The van der Waals surface area contributed by atoms with Crippen molar-refractivity contribution in [1.29, 1.82) is 0 Å². The van der Waals surface area contributed by atoms with E-state index in [1.807, 2.05) is 6.92 Å². The lowest BCUT2D eigenvalue weighted by atomic mass is 9.94. The van der Waals surface area contributed by atoms with Gasteiger partial charge in [0.2, 0.25) is 17.6 Å². The van der Waals surface area contributed by atoms with Crippen molar-refractivity contribution in [3.05, 3.63) is 0 Å². The first-order chi connectivity index (χ1) is 16.5. The molecule has 4 fully saturated rings. The summed E-state index contributed by atoms with van der Waals surface area (Å²) in [6.07, 6.45) is 3.14. The standard InChI is InChI=1S/C26H40N4O6/c1-24(2,3)36-23(35)29-19(26(6)9-10-26)22(34)30-12-14-16(25(14,4)5)17(30)21(33)28-15(11-13-7-8-13)18(31)20(27)32/h13-17,19H,7-12H2,1-6H3,(H2,27,32)(H,28,33)(H,29,35)/t14-,15?,16-,17-,19?/m0/s1. The molecule has 2 unspecified atom stereocenters. The van der Waals surface area contributed by atoms with Crippen LogP contribution in [0.5, 0.6) is 0 Å². The van der Waals surface area contributed by atoms with Crippen molar-refractivity contribution in [3.8, 4) is 0 Å². The number of ether oxygens (including phenoxy) is 1. The fourth-order valence-corrected chi connectivity index (χ4v) is 5.77. The molecule has 4 N–H and O–H groups in total. The van der Waals surface area contributed by atoms with Crippen LogP contribution in [-0.4, -0.2) is 64.8 Å². The number of Topliss-reactive ketones (excluding diaryl/α,β-unsaturated/α-hetero) is 1. The zero-order valence-corrected chi connectivity index (χ0v) is 22.2. The number of hydrogen-bond donors (Lipinski definition) is 3. The van der Waals surface area contributed by atoms with Crippen LogP contribution in [0.3, 0.4) is 0 Å². The van der Waals surface area contributed by atoms with Crippen molar-refractivity contribution in [3.63, 3.8) is 0 Å². The number of fused-ring (bicyclic) bond motifs is 1. The molecule has 4 aliphatic rings. The zero-order chi connectivity index (χ0) is 26.8. The minimum absolute atomic E-state index is 0.0686. The molecule has 200 valence electrons. The number of nitrogens with zero attached hydrogens (tertiary/aromatic N) is 1. The molecule has 3 aliphatic carbocycles. The number of alkyl carbamates (subject to hydrolysis) is 1. The summed E-state index contributed by atoms with van der Waals surface area (Å²) in [4.78, 5) is 65.7. The Morgan fingerprint density at radius 1 is 1.06 bits per heavy atom. The second kappa shape index (κ2) is 8.73. The molecule has 0 aromatic carbocycles. The van der Waals surface area contributed by atoms with E-state index >= 15 is 0 Å². The van der Waals surface area contributed by atoms with E-state index in [0.29, 0.717) is 13.0 Å². The van der Waals surface area contributed by atoms with Gasteiger partial charge in [0.15, 0.2) is 0 Å². The lowest BCUT2D eigenvalue weighted by molar-refractivity contribution is -0.144. The van der Waals surface area contributed by atoms with Gasteiger partial charge in [-0.15, -0.1) is 0 Å². The normalized spacial score (nSPS) is 28.8. The van der Waals surface area contributed by atoms with Gasteiger partial charge in [0.25, 0.3) is 5.91 Å². The summed E-state index contributed by atoms with van der Waals surface area (Å²) in [5, 5.41) is 5.53. The summed E-state index contributed by atoms with van der Waals surface area (Å²) in [5.41, 5.74) is 3.99. The van der Waals surface area contributed by atoms with Crippen molar-refractivity contribution in [2.75, 3.05) is 6.54 Å². The van der Waals surface area contributed by atoms with Gasteiger partial charge in [-0.05, 0) is 68.6 Å². The fourth-order valence-electron chi connectivity index (χ4n) is 5.77. The molecule has 0 aromatic rings. The highest BCUT2D eigenvalue weighted by molar-refractivity contribution is 6.37. The third kappa shape index (κ3) is 5.22. The maximum absolute atomic E-state index is 13.9. The van der Waals surface area contributed by atoms with Crippen molar-refractivity contribution in [2.24, 2.45) is 34.3 Å². The van der Waals surface area contributed by atoms with Gasteiger partial charge >= 0.3 is 6.09 Å².